The molecule has 0 saturated carbocycles. The number of hydrogen-bond donors (Lipinski definition) is 0. The van der Waals surface area contributed by atoms with Crippen LogP contribution in [0.3, 0.4) is 0 Å². The Morgan fingerprint density at radius 2 is 1.76 bits per heavy atom. The summed E-state index contributed by atoms with van der Waals surface area (Å²) < 4.78 is 23.4. The summed E-state index contributed by atoms with van der Waals surface area (Å²) in [5.74, 6) is -0.310. The number of rotatable bonds is 7. The van der Waals surface area contributed by atoms with Gasteiger partial charge in [0, 0.05) is 12.8 Å². The van der Waals surface area contributed by atoms with E-state index in [0.717, 1.165) is 24.7 Å². The predicted octanol–water partition coefficient (Wildman–Crippen LogP) is 2.81. The Kier molecular flexibility index (Phi) is 6.40. The first-order valence-electron chi connectivity index (χ1n) is 7.37. The van der Waals surface area contributed by atoms with E-state index < -0.39 is 15.1 Å². The van der Waals surface area contributed by atoms with Crippen molar-refractivity contribution in [3.8, 4) is 0 Å². The number of carbonyl (C=O) groups excluding carboxylic acids is 1. The third-order valence-electron chi connectivity index (χ3n) is 3.68. The minimum absolute atomic E-state index is 0.0807. The standard InChI is InChI=1S/C16H25NO3S/c1-5-12-17(16(18)13(3)21(4,19)20)15(6-2)14-10-8-7-9-11-14/h7-11,13,15H,5-6,12H2,1-4H3/t13-,15+/m1/s1. The molecular weight excluding hydrogens is 286 g/mol. The number of hydrogen-bond acceptors (Lipinski definition) is 3. The van der Waals surface area contributed by atoms with E-state index in [1.165, 1.54) is 6.92 Å². The molecule has 0 N–H and O–H groups in total. The quantitative estimate of drug-likeness (QED) is 0.778. The van der Waals surface area contributed by atoms with Crippen molar-refractivity contribution in [2.75, 3.05) is 12.8 Å². The average Bonchev–Trinajstić information content (AvgIpc) is 2.46. The van der Waals surface area contributed by atoms with Gasteiger partial charge in [0.15, 0.2) is 9.84 Å². The summed E-state index contributed by atoms with van der Waals surface area (Å²) in [6.45, 7) is 6.03. The van der Waals surface area contributed by atoms with E-state index in [1.807, 2.05) is 44.2 Å². The third kappa shape index (κ3) is 4.56. The van der Waals surface area contributed by atoms with Crippen LogP contribution in [0.2, 0.25) is 0 Å². The molecule has 0 unspecified atom stereocenters. The Labute approximate surface area is 128 Å². The lowest BCUT2D eigenvalue weighted by molar-refractivity contribution is -0.133. The maximum atomic E-state index is 12.6. The molecule has 0 aliphatic carbocycles. The lowest BCUT2D eigenvalue weighted by Crippen LogP contribution is -2.43. The summed E-state index contributed by atoms with van der Waals surface area (Å²) in [6, 6.07) is 9.69. The van der Waals surface area contributed by atoms with E-state index in [4.69, 9.17) is 0 Å². The number of amides is 1. The molecule has 0 saturated heterocycles. The van der Waals surface area contributed by atoms with Gasteiger partial charge in [0.25, 0.3) is 0 Å². The minimum atomic E-state index is -3.38. The molecule has 1 aromatic carbocycles. The van der Waals surface area contributed by atoms with E-state index in [1.54, 1.807) is 4.90 Å². The molecule has 0 radical (unpaired) electrons. The molecule has 0 fully saturated rings. The van der Waals surface area contributed by atoms with Crippen molar-refractivity contribution in [2.24, 2.45) is 0 Å². The molecule has 0 aliphatic heterocycles. The van der Waals surface area contributed by atoms with Crippen molar-refractivity contribution < 1.29 is 13.2 Å². The topological polar surface area (TPSA) is 54.5 Å². The van der Waals surface area contributed by atoms with Crippen LogP contribution in [0.15, 0.2) is 30.3 Å². The molecule has 5 heteroatoms. The van der Waals surface area contributed by atoms with Crippen LogP contribution in [-0.2, 0) is 14.6 Å². The number of carbonyl (C=O) groups is 1. The fraction of sp³-hybridized carbons (Fsp3) is 0.562. The third-order valence-corrected chi connectivity index (χ3v) is 5.17. The van der Waals surface area contributed by atoms with E-state index in [9.17, 15) is 13.2 Å². The maximum Gasteiger partial charge on any atom is 0.241 e. The van der Waals surface area contributed by atoms with Crippen molar-refractivity contribution in [3.63, 3.8) is 0 Å². The van der Waals surface area contributed by atoms with Gasteiger partial charge in [0.05, 0.1) is 6.04 Å². The summed E-state index contributed by atoms with van der Waals surface area (Å²) in [5, 5.41) is -0.998. The molecule has 4 nitrogen and oxygen atoms in total. The van der Waals surface area contributed by atoms with Crippen LogP contribution in [0.4, 0.5) is 0 Å². The van der Waals surface area contributed by atoms with Crippen molar-refractivity contribution in [2.45, 2.75) is 44.9 Å². The summed E-state index contributed by atoms with van der Waals surface area (Å²) in [6.07, 6.45) is 2.67. The highest BCUT2D eigenvalue weighted by Gasteiger charge is 2.31. The molecule has 1 rings (SSSR count). The van der Waals surface area contributed by atoms with Crippen molar-refractivity contribution in [1.29, 1.82) is 0 Å². The smallest absolute Gasteiger partial charge is 0.241 e. The maximum absolute atomic E-state index is 12.6. The fourth-order valence-electron chi connectivity index (χ4n) is 2.39. The lowest BCUT2D eigenvalue weighted by atomic mass is 10.0. The van der Waals surface area contributed by atoms with Crippen LogP contribution in [0.1, 0.15) is 45.2 Å². The zero-order chi connectivity index (χ0) is 16.0. The number of nitrogens with zero attached hydrogens (tertiary/aromatic N) is 1. The summed E-state index contributed by atoms with van der Waals surface area (Å²) in [7, 11) is -3.38. The number of sulfone groups is 1. The Hall–Kier alpha value is -1.36. The van der Waals surface area contributed by atoms with Gasteiger partial charge in [-0.15, -0.1) is 0 Å². The van der Waals surface area contributed by atoms with Gasteiger partial charge in [0.2, 0.25) is 5.91 Å². The predicted molar refractivity (Wildman–Crippen MR) is 85.8 cm³/mol. The van der Waals surface area contributed by atoms with E-state index in [-0.39, 0.29) is 11.9 Å². The Bertz CT molecular complexity index is 554. The summed E-state index contributed by atoms with van der Waals surface area (Å²) in [5.41, 5.74) is 1.04. The second-order valence-electron chi connectivity index (χ2n) is 5.34. The first-order chi connectivity index (χ1) is 9.82. The summed E-state index contributed by atoms with van der Waals surface area (Å²) in [4.78, 5) is 14.3. The van der Waals surface area contributed by atoms with Crippen LogP contribution in [-0.4, -0.2) is 37.3 Å². The van der Waals surface area contributed by atoms with E-state index >= 15 is 0 Å². The Morgan fingerprint density at radius 3 is 2.19 bits per heavy atom. The Balaban J connectivity index is 3.12. The molecule has 21 heavy (non-hydrogen) atoms. The monoisotopic (exact) mass is 311 g/mol. The first-order valence-corrected chi connectivity index (χ1v) is 9.32. The van der Waals surface area contributed by atoms with Gasteiger partial charge in [-0.05, 0) is 25.3 Å². The molecule has 2 atom stereocenters. The fourth-order valence-corrected chi connectivity index (χ4v) is 2.89. The van der Waals surface area contributed by atoms with Gasteiger partial charge in [-0.25, -0.2) is 8.42 Å². The van der Waals surface area contributed by atoms with E-state index in [0.29, 0.717) is 6.54 Å². The highest BCUT2D eigenvalue weighted by Crippen LogP contribution is 2.25. The molecule has 0 spiro atoms. The van der Waals surface area contributed by atoms with Crippen molar-refractivity contribution >= 4 is 15.7 Å². The van der Waals surface area contributed by atoms with Crippen LogP contribution >= 0.6 is 0 Å². The zero-order valence-corrected chi connectivity index (χ0v) is 14.1. The molecule has 1 aromatic rings. The van der Waals surface area contributed by atoms with Gasteiger partial charge in [-0.3, -0.25) is 4.79 Å². The normalized spacial score (nSPS) is 14.5. The van der Waals surface area contributed by atoms with Gasteiger partial charge in [0.1, 0.15) is 5.25 Å². The number of benzene rings is 1. The van der Waals surface area contributed by atoms with Crippen LogP contribution in [0.25, 0.3) is 0 Å². The minimum Gasteiger partial charge on any atom is -0.335 e. The second kappa shape index (κ2) is 7.59. The molecular formula is C16H25NO3S. The SMILES string of the molecule is CCCN(C(=O)[C@@H](C)S(C)(=O)=O)[C@@H](CC)c1ccccc1. The summed E-state index contributed by atoms with van der Waals surface area (Å²) >= 11 is 0. The first kappa shape index (κ1) is 17.7. The van der Waals surface area contributed by atoms with Gasteiger partial charge < -0.3 is 4.90 Å². The van der Waals surface area contributed by atoms with Gasteiger partial charge in [-0.1, -0.05) is 44.2 Å². The molecule has 1 amide bonds. The largest absolute Gasteiger partial charge is 0.335 e. The molecule has 0 aromatic heterocycles. The van der Waals surface area contributed by atoms with Crippen LogP contribution < -0.4 is 0 Å². The van der Waals surface area contributed by atoms with E-state index in [2.05, 4.69) is 0 Å². The zero-order valence-electron chi connectivity index (χ0n) is 13.2. The van der Waals surface area contributed by atoms with Crippen LogP contribution in [0, 0.1) is 0 Å². The van der Waals surface area contributed by atoms with Crippen molar-refractivity contribution in [1.82, 2.24) is 4.90 Å². The Morgan fingerprint density at radius 1 is 1.19 bits per heavy atom. The highest BCUT2D eigenvalue weighted by molar-refractivity contribution is 7.92. The molecule has 0 heterocycles. The second-order valence-corrected chi connectivity index (χ2v) is 7.70. The van der Waals surface area contributed by atoms with Crippen molar-refractivity contribution in [3.05, 3.63) is 35.9 Å². The molecule has 0 bridgehead atoms. The lowest BCUT2D eigenvalue weighted by Gasteiger charge is -2.33. The van der Waals surface area contributed by atoms with Crippen LogP contribution in [0.5, 0.6) is 0 Å². The van der Waals surface area contributed by atoms with Gasteiger partial charge >= 0.3 is 0 Å². The molecule has 118 valence electrons. The average molecular weight is 311 g/mol. The van der Waals surface area contributed by atoms with Gasteiger partial charge in [-0.2, -0.15) is 0 Å². The molecule has 0 aliphatic rings. The highest BCUT2D eigenvalue weighted by atomic mass is 32.2.